The molecule has 5 heteroatoms. The van der Waals surface area contributed by atoms with Crippen molar-refractivity contribution in [2.45, 2.75) is 6.54 Å². The predicted molar refractivity (Wildman–Crippen MR) is 54.9 cm³/mol. The van der Waals surface area contributed by atoms with Gasteiger partial charge in [-0.2, -0.15) is 0 Å². The minimum atomic E-state index is -0.329. The Bertz CT molecular complexity index is 409. The standard InChI is InChI=1S/C10H11FN4/c1-15(7-9-12-4-5-13-9)10-3-2-8(11)6-14-10/h2-6H,7H2,1H3,(H,12,13). The molecule has 0 saturated heterocycles. The van der Waals surface area contributed by atoms with Crippen LogP contribution >= 0.6 is 0 Å². The van der Waals surface area contributed by atoms with Crippen molar-refractivity contribution in [3.05, 3.63) is 42.4 Å². The van der Waals surface area contributed by atoms with Gasteiger partial charge in [-0.05, 0) is 12.1 Å². The summed E-state index contributed by atoms with van der Waals surface area (Å²) < 4.78 is 12.6. The summed E-state index contributed by atoms with van der Waals surface area (Å²) in [6, 6.07) is 3.03. The molecule has 0 bridgehead atoms. The lowest BCUT2D eigenvalue weighted by Crippen LogP contribution is -2.18. The quantitative estimate of drug-likeness (QED) is 0.829. The summed E-state index contributed by atoms with van der Waals surface area (Å²) in [6.07, 6.45) is 4.66. The van der Waals surface area contributed by atoms with Crippen LogP contribution in [0.4, 0.5) is 10.2 Å². The van der Waals surface area contributed by atoms with Crippen LogP contribution in [0, 0.1) is 5.82 Å². The molecule has 2 aromatic heterocycles. The fraction of sp³-hybridized carbons (Fsp3) is 0.200. The topological polar surface area (TPSA) is 44.8 Å². The Morgan fingerprint density at radius 2 is 2.27 bits per heavy atom. The molecule has 0 spiro atoms. The molecule has 0 fully saturated rings. The highest BCUT2D eigenvalue weighted by molar-refractivity contribution is 5.36. The summed E-state index contributed by atoms with van der Waals surface area (Å²) in [5.41, 5.74) is 0. The van der Waals surface area contributed by atoms with Crippen molar-refractivity contribution in [2.75, 3.05) is 11.9 Å². The van der Waals surface area contributed by atoms with Crippen LogP contribution in [0.25, 0.3) is 0 Å². The molecule has 0 aromatic carbocycles. The van der Waals surface area contributed by atoms with Gasteiger partial charge in [-0.1, -0.05) is 0 Å². The van der Waals surface area contributed by atoms with Gasteiger partial charge in [-0.15, -0.1) is 0 Å². The van der Waals surface area contributed by atoms with E-state index in [4.69, 9.17) is 0 Å². The molecular formula is C10H11FN4. The van der Waals surface area contributed by atoms with E-state index in [-0.39, 0.29) is 5.82 Å². The number of rotatable bonds is 3. The summed E-state index contributed by atoms with van der Waals surface area (Å²) in [5.74, 6) is 1.24. The van der Waals surface area contributed by atoms with Gasteiger partial charge in [0.15, 0.2) is 0 Å². The van der Waals surface area contributed by atoms with Gasteiger partial charge in [-0.3, -0.25) is 0 Å². The largest absolute Gasteiger partial charge is 0.352 e. The number of nitrogens with zero attached hydrogens (tertiary/aromatic N) is 3. The molecule has 0 aliphatic carbocycles. The Morgan fingerprint density at radius 3 is 2.87 bits per heavy atom. The molecule has 0 radical (unpaired) electrons. The number of H-pyrrole nitrogens is 1. The van der Waals surface area contributed by atoms with Crippen molar-refractivity contribution in [2.24, 2.45) is 0 Å². The number of nitrogens with one attached hydrogen (secondary N) is 1. The van der Waals surface area contributed by atoms with Crippen molar-refractivity contribution < 1.29 is 4.39 Å². The highest BCUT2D eigenvalue weighted by Gasteiger charge is 2.04. The second-order valence-corrected chi connectivity index (χ2v) is 3.23. The number of pyridine rings is 1. The maximum absolute atomic E-state index is 12.6. The number of imidazole rings is 1. The zero-order chi connectivity index (χ0) is 10.7. The second-order valence-electron chi connectivity index (χ2n) is 3.23. The lowest BCUT2D eigenvalue weighted by Gasteiger charge is -2.16. The van der Waals surface area contributed by atoms with Gasteiger partial charge < -0.3 is 9.88 Å². The molecule has 0 saturated carbocycles. The molecule has 4 nitrogen and oxygen atoms in total. The zero-order valence-corrected chi connectivity index (χ0v) is 8.31. The number of hydrogen-bond donors (Lipinski definition) is 1. The zero-order valence-electron chi connectivity index (χ0n) is 8.31. The van der Waals surface area contributed by atoms with Crippen LogP contribution in [0.5, 0.6) is 0 Å². The number of aromatic nitrogens is 3. The van der Waals surface area contributed by atoms with Gasteiger partial charge >= 0.3 is 0 Å². The van der Waals surface area contributed by atoms with Crippen LogP contribution in [0.15, 0.2) is 30.7 Å². The van der Waals surface area contributed by atoms with Crippen LogP contribution in [0.1, 0.15) is 5.82 Å². The third-order valence-electron chi connectivity index (χ3n) is 2.04. The average Bonchev–Trinajstić information content (AvgIpc) is 2.71. The number of anilines is 1. The van der Waals surface area contributed by atoms with Gasteiger partial charge in [0.1, 0.15) is 17.5 Å². The summed E-state index contributed by atoms with van der Waals surface area (Å²) in [5, 5.41) is 0. The van der Waals surface area contributed by atoms with Crippen molar-refractivity contribution in [1.82, 2.24) is 15.0 Å². The van der Waals surface area contributed by atoms with Crippen LogP contribution in [-0.2, 0) is 6.54 Å². The minimum Gasteiger partial charge on any atom is -0.352 e. The van der Waals surface area contributed by atoms with Crippen molar-refractivity contribution in [1.29, 1.82) is 0 Å². The maximum atomic E-state index is 12.6. The third kappa shape index (κ3) is 2.31. The van der Waals surface area contributed by atoms with Gasteiger partial charge in [0.05, 0.1) is 12.7 Å². The second kappa shape index (κ2) is 4.08. The van der Waals surface area contributed by atoms with E-state index < -0.39 is 0 Å². The third-order valence-corrected chi connectivity index (χ3v) is 2.04. The Labute approximate surface area is 86.8 Å². The Kier molecular flexibility index (Phi) is 2.62. The molecule has 78 valence electrons. The van der Waals surface area contributed by atoms with Gasteiger partial charge in [0, 0.05) is 19.4 Å². The van der Waals surface area contributed by atoms with Crippen molar-refractivity contribution in [3.63, 3.8) is 0 Å². The molecule has 0 atom stereocenters. The minimum absolute atomic E-state index is 0.329. The van der Waals surface area contributed by atoms with E-state index in [0.29, 0.717) is 12.4 Å². The molecule has 0 amide bonds. The molecule has 15 heavy (non-hydrogen) atoms. The van der Waals surface area contributed by atoms with E-state index in [9.17, 15) is 4.39 Å². The summed E-state index contributed by atoms with van der Waals surface area (Å²) >= 11 is 0. The summed E-state index contributed by atoms with van der Waals surface area (Å²) in [7, 11) is 1.88. The Hall–Kier alpha value is -1.91. The Balaban J connectivity index is 2.08. The molecule has 2 rings (SSSR count). The van der Waals surface area contributed by atoms with Gasteiger partial charge in [-0.25, -0.2) is 14.4 Å². The lowest BCUT2D eigenvalue weighted by atomic mass is 10.4. The fourth-order valence-electron chi connectivity index (χ4n) is 1.28. The fourth-order valence-corrected chi connectivity index (χ4v) is 1.28. The molecule has 0 unspecified atom stereocenters. The smallest absolute Gasteiger partial charge is 0.141 e. The lowest BCUT2D eigenvalue weighted by molar-refractivity contribution is 0.620. The van der Waals surface area contributed by atoms with E-state index >= 15 is 0 Å². The number of hydrogen-bond acceptors (Lipinski definition) is 3. The molecule has 2 aromatic rings. The molecule has 2 heterocycles. The highest BCUT2D eigenvalue weighted by Crippen LogP contribution is 2.10. The van der Waals surface area contributed by atoms with E-state index in [1.54, 1.807) is 18.5 Å². The first-order valence-electron chi connectivity index (χ1n) is 4.56. The van der Waals surface area contributed by atoms with Gasteiger partial charge in [0.2, 0.25) is 0 Å². The molecule has 0 aliphatic rings. The Morgan fingerprint density at radius 1 is 1.40 bits per heavy atom. The van der Waals surface area contributed by atoms with E-state index in [1.165, 1.54) is 12.3 Å². The van der Waals surface area contributed by atoms with E-state index in [0.717, 1.165) is 5.82 Å². The average molecular weight is 206 g/mol. The highest BCUT2D eigenvalue weighted by atomic mass is 19.1. The number of halogens is 1. The molecule has 1 N–H and O–H groups in total. The first-order chi connectivity index (χ1) is 7.25. The summed E-state index contributed by atoms with van der Waals surface area (Å²) in [4.78, 5) is 12.9. The van der Waals surface area contributed by atoms with E-state index in [2.05, 4.69) is 15.0 Å². The molecule has 0 aliphatic heterocycles. The first kappa shape index (κ1) is 9.64. The summed E-state index contributed by atoms with van der Waals surface area (Å²) in [6.45, 7) is 0.617. The van der Waals surface area contributed by atoms with Crippen LogP contribution in [0.3, 0.4) is 0 Å². The number of aromatic amines is 1. The SMILES string of the molecule is CN(Cc1ncc[nH]1)c1ccc(F)cn1. The van der Waals surface area contributed by atoms with Gasteiger partial charge in [0.25, 0.3) is 0 Å². The van der Waals surface area contributed by atoms with Crippen LogP contribution in [0.2, 0.25) is 0 Å². The first-order valence-corrected chi connectivity index (χ1v) is 4.56. The van der Waals surface area contributed by atoms with Crippen molar-refractivity contribution in [3.8, 4) is 0 Å². The van der Waals surface area contributed by atoms with Crippen molar-refractivity contribution >= 4 is 5.82 Å². The maximum Gasteiger partial charge on any atom is 0.141 e. The normalized spacial score (nSPS) is 10.3. The van der Waals surface area contributed by atoms with E-state index in [1.807, 2.05) is 11.9 Å². The monoisotopic (exact) mass is 206 g/mol. The van der Waals surface area contributed by atoms with Crippen LogP contribution < -0.4 is 4.90 Å². The molecular weight excluding hydrogens is 195 g/mol. The predicted octanol–water partition coefficient (Wildman–Crippen LogP) is 1.58. The van der Waals surface area contributed by atoms with Crippen LogP contribution in [-0.4, -0.2) is 22.0 Å².